The number of hydrogen-bond acceptors (Lipinski definition) is 4. The van der Waals surface area contributed by atoms with Crippen LogP contribution < -0.4 is 0 Å². The predicted octanol–water partition coefficient (Wildman–Crippen LogP) is 5.55. The first kappa shape index (κ1) is 22.2. The summed E-state index contributed by atoms with van der Waals surface area (Å²) < 4.78 is 0. The van der Waals surface area contributed by atoms with Crippen LogP contribution >= 0.6 is 0 Å². The molecular weight excluding hydrogens is 561 g/mol. The van der Waals surface area contributed by atoms with E-state index in [0.717, 1.165) is 28.1 Å². The van der Waals surface area contributed by atoms with E-state index in [-0.39, 0.29) is 20.1 Å². The van der Waals surface area contributed by atoms with Gasteiger partial charge in [-0.1, -0.05) is 18.2 Å². The van der Waals surface area contributed by atoms with Crippen LogP contribution in [0.5, 0.6) is 0 Å². The maximum absolute atomic E-state index is 4.41. The van der Waals surface area contributed by atoms with E-state index in [1.54, 1.807) is 30.9 Å². The molecule has 3 heterocycles. The Balaban J connectivity index is 0.000000183. The molecule has 5 heteroatoms. The standard InChI is InChI=1S/C15H10N3.C11H8N.Ir/c1-2-6-12(7-3-1)14-13(8-4-9-16-14)15-17-10-5-11-18-15;1-2-6-10(7-3-1)11-8-4-5-9-12-11;/h1-6,8-11H;1-6,8-9H;/q2*-1;. The largest absolute Gasteiger partial charge is 0.305 e. The molecule has 0 bridgehead atoms. The van der Waals surface area contributed by atoms with Gasteiger partial charge in [0, 0.05) is 50.5 Å². The van der Waals surface area contributed by atoms with E-state index in [4.69, 9.17) is 0 Å². The van der Waals surface area contributed by atoms with Crippen molar-refractivity contribution in [3.63, 3.8) is 0 Å². The van der Waals surface area contributed by atoms with Gasteiger partial charge in [0.2, 0.25) is 0 Å². The second-order valence-electron chi connectivity index (χ2n) is 6.24. The molecule has 0 saturated carbocycles. The molecule has 0 aliphatic heterocycles. The topological polar surface area (TPSA) is 51.6 Å². The first-order valence-electron chi connectivity index (χ1n) is 9.49. The molecule has 153 valence electrons. The van der Waals surface area contributed by atoms with Crippen LogP contribution in [0.1, 0.15) is 0 Å². The number of hydrogen-bond donors (Lipinski definition) is 0. The van der Waals surface area contributed by atoms with Gasteiger partial charge >= 0.3 is 0 Å². The van der Waals surface area contributed by atoms with Crippen LogP contribution in [-0.4, -0.2) is 19.9 Å². The monoisotopic (exact) mass is 579 g/mol. The van der Waals surface area contributed by atoms with Crippen molar-refractivity contribution in [3.05, 3.63) is 122 Å². The van der Waals surface area contributed by atoms with Crippen LogP contribution in [0, 0.1) is 12.1 Å². The normalized spacial score (nSPS) is 9.68. The SMILES string of the molecule is [Ir].[c-]1ccccc1-c1ccccn1.[c-]1ccccc1-c1ncccc1-c1ncccn1. The molecule has 4 nitrogen and oxygen atoms in total. The molecule has 31 heavy (non-hydrogen) atoms. The van der Waals surface area contributed by atoms with Crippen molar-refractivity contribution < 1.29 is 20.1 Å². The molecule has 0 saturated heterocycles. The van der Waals surface area contributed by atoms with E-state index in [1.807, 2.05) is 78.9 Å². The van der Waals surface area contributed by atoms with Gasteiger partial charge in [-0.2, -0.15) is 0 Å². The quantitative estimate of drug-likeness (QED) is 0.264. The van der Waals surface area contributed by atoms with Gasteiger partial charge in [0.15, 0.2) is 5.82 Å². The number of benzene rings is 2. The maximum atomic E-state index is 4.41. The van der Waals surface area contributed by atoms with Crippen molar-refractivity contribution in [2.75, 3.05) is 0 Å². The Bertz CT molecular complexity index is 1070. The molecule has 5 rings (SSSR count). The van der Waals surface area contributed by atoms with Gasteiger partial charge in [0.05, 0.1) is 0 Å². The molecular formula is C26H18IrN4-2. The Labute approximate surface area is 195 Å². The first-order chi connectivity index (χ1) is 14.9. The summed E-state index contributed by atoms with van der Waals surface area (Å²) in [4.78, 5) is 17.2. The van der Waals surface area contributed by atoms with E-state index in [0.29, 0.717) is 5.82 Å². The number of rotatable bonds is 3. The van der Waals surface area contributed by atoms with Crippen LogP contribution in [0.15, 0.2) is 110 Å². The van der Waals surface area contributed by atoms with Gasteiger partial charge in [-0.3, -0.25) is 0 Å². The second kappa shape index (κ2) is 11.6. The van der Waals surface area contributed by atoms with Crippen molar-refractivity contribution in [1.29, 1.82) is 0 Å². The fourth-order valence-electron chi connectivity index (χ4n) is 2.85. The third-order valence-electron chi connectivity index (χ3n) is 4.23. The van der Waals surface area contributed by atoms with Gasteiger partial charge in [-0.05, 0) is 29.6 Å². The fourth-order valence-corrected chi connectivity index (χ4v) is 2.85. The van der Waals surface area contributed by atoms with Crippen LogP contribution in [0.2, 0.25) is 0 Å². The fraction of sp³-hybridized carbons (Fsp3) is 0. The van der Waals surface area contributed by atoms with Gasteiger partial charge < -0.3 is 9.97 Å². The summed E-state index contributed by atoms with van der Waals surface area (Å²) in [5.41, 5.74) is 4.72. The van der Waals surface area contributed by atoms with E-state index >= 15 is 0 Å². The summed E-state index contributed by atoms with van der Waals surface area (Å²) in [5.74, 6) is 0.679. The first-order valence-corrected chi connectivity index (χ1v) is 9.49. The maximum Gasteiger partial charge on any atom is 0.151 e. The van der Waals surface area contributed by atoms with Gasteiger partial charge in [-0.25, -0.2) is 9.97 Å². The minimum atomic E-state index is 0. The zero-order chi connectivity index (χ0) is 20.4. The van der Waals surface area contributed by atoms with Crippen LogP contribution in [0.3, 0.4) is 0 Å². The summed E-state index contributed by atoms with van der Waals surface area (Å²) in [6.07, 6.45) is 7.01. The van der Waals surface area contributed by atoms with Crippen molar-refractivity contribution in [2.45, 2.75) is 0 Å². The second-order valence-corrected chi connectivity index (χ2v) is 6.24. The van der Waals surface area contributed by atoms with E-state index in [9.17, 15) is 0 Å². The molecule has 0 fully saturated rings. The smallest absolute Gasteiger partial charge is 0.151 e. The Kier molecular flexibility index (Phi) is 8.29. The Hall–Kier alpha value is -3.53. The molecule has 0 spiro atoms. The van der Waals surface area contributed by atoms with Gasteiger partial charge in [-0.15, -0.1) is 71.8 Å². The van der Waals surface area contributed by atoms with E-state index in [1.165, 1.54) is 0 Å². The van der Waals surface area contributed by atoms with E-state index < -0.39 is 0 Å². The van der Waals surface area contributed by atoms with Crippen molar-refractivity contribution in [1.82, 2.24) is 19.9 Å². The van der Waals surface area contributed by atoms with Gasteiger partial charge in [0.1, 0.15) is 0 Å². The summed E-state index contributed by atoms with van der Waals surface area (Å²) in [5, 5.41) is 0. The Morgan fingerprint density at radius 2 is 1.16 bits per heavy atom. The summed E-state index contributed by atoms with van der Waals surface area (Å²) >= 11 is 0. The summed E-state index contributed by atoms with van der Waals surface area (Å²) in [6.45, 7) is 0. The molecule has 2 aromatic carbocycles. The van der Waals surface area contributed by atoms with Crippen molar-refractivity contribution >= 4 is 0 Å². The third-order valence-corrected chi connectivity index (χ3v) is 4.23. The zero-order valence-corrected chi connectivity index (χ0v) is 18.9. The van der Waals surface area contributed by atoms with E-state index in [2.05, 4.69) is 32.1 Å². The average Bonchev–Trinajstić information content (AvgIpc) is 2.87. The van der Waals surface area contributed by atoms with Crippen molar-refractivity contribution in [2.24, 2.45) is 0 Å². The zero-order valence-electron chi connectivity index (χ0n) is 16.5. The third kappa shape index (κ3) is 5.98. The average molecular weight is 579 g/mol. The van der Waals surface area contributed by atoms with Crippen molar-refractivity contribution in [3.8, 4) is 33.9 Å². The molecule has 3 aromatic heterocycles. The molecule has 0 unspecified atom stereocenters. The van der Waals surface area contributed by atoms with Crippen LogP contribution in [0.4, 0.5) is 0 Å². The Morgan fingerprint density at radius 1 is 0.516 bits per heavy atom. The Morgan fingerprint density at radius 3 is 1.81 bits per heavy atom. The van der Waals surface area contributed by atoms with Gasteiger partial charge in [0.25, 0.3) is 0 Å². The molecule has 0 aliphatic carbocycles. The minimum Gasteiger partial charge on any atom is -0.305 e. The predicted molar refractivity (Wildman–Crippen MR) is 118 cm³/mol. The minimum absolute atomic E-state index is 0. The number of aromatic nitrogens is 4. The molecule has 5 aromatic rings. The molecule has 0 amide bonds. The summed E-state index contributed by atoms with van der Waals surface area (Å²) in [6, 6.07) is 33.4. The van der Waals surface area contributed by atoms with Crippen LogP contribution in [0.25, 0.3) is 33.9 Å². The molecule has 0 aliphatic rings. The molecule has 0 atom stereocenters. The summed E-state index contributed by atoms with van der Waals surface area (Å²) in [7, 11) is 0. The molecule has 1 radical (unpaired) electrons. The number of pyridine rings is 2. The number of nitrogens with zero attached hydrogens (tertiary/aromatic N) is 4. The van der Waals surface area contributed by atoms with Crippen LogP contribution in [-0.2, 0) is 20.1 Å². The molecule has 0 N–H and O–H groups in total.